The second-order valence-corrected chi connectivity index (χ2v) is 35.7. The number of carbonyl (C=O) groups excluding carboxylic acids is 2. The van der Waals surface area contributed by atoms with E-state index >= 15 is 0 Å². The number of esters is 2. The molecule has 0 spiro atoms. The lowest BCUT2D eigenvalue weighted by molar-refractivity contribution is -0.311. The van der Waals surface area contributed by atoms with E-state index in [1.54, 1.807) is 76.3 Å². The maximum Gasteiger partial charge on any atom is 0.311 e. The summed E-state index contributed by atoms with van der Waals surface area (Å²) in [6.45, 7) is 13.6. The average molecular weight is 1850 g/mol. The van der Waals surface area contributed by atoms with Crippen LogP contribution in [-0.4, -0.2) is 331 Å². The number of aliphatic hydroxyl groups excluding tert-OH is 18. The Hall–Kier alpha value is -6.36. The Bertz CT molecular complexity index is 3470. The van der Waals surface area contributed by atoms with E-state index in [1.165, 1.54) is 26.0 Å². The Morgan fingerprint density at radius 3 is 0.969 bits per heavy atom. The predicted octanol–water partition coefficient (Wildman–Crippen LogP) is 1.87. The van der Waals surface area contributed by atoms with Crippen LogP contribution in [0.3, 0.4) is 0 Å². The zero-order valence-corrected chi connectivity index (χ0v) is 75.7. The van der Waals surface area contributed by atoms with Crippen LogP contribution in [0.4, 0.5) is 0 Å². The van der Waals surface area contributed by atoms with Crippen LogP contribution < -0.4 is 11.5 Å². The first-order chi connectivity index (χ1) is 61.2. The number of carbonyl (C=O) groups is 4. The molecule has 6 aliphatic heterocycles. The lowest BCUT2D eigenvalue weighted by atomic mass is 9.82. The van der Waals surface area contributed by atoms with Gasteiger partial charge in [0.2, 0.25) is 0 Å². The summed E-state index contributed by atoms with van der Waals surface area (Å²) in [4.78, 5) is 50.2. The number of fused-ring (bicyclic) bond motifs is 4. The average Bonchev–Trinajstić information content (AvgIpc) is 0.784. The van der Waals surface area contributed by atoms with Crippen molar-refractivity contribution in [1.29, 1.82) is 0 Å². The number of cyclic esters (lactones) is 2. The van der Waals surface area contributed by atoms with Crippen LogP contribution in [0.15, 0.2) is 146 Å². The van der Waals surface area contributed by atoms with Gasteiger partial charge in [-0.05, 0) is 105 Å². The Balaban J connectivity index is 0.000000460. The first kappa shape index (κ1) is 114. The molecule has 4 saturated heterocycles. The molecule has 4 bridgehead atoms. The van der Waals surface area contributed by atoms with Gasteiger partial charge < -0.3 is 162 Å². The number of ether oxygens (including phenoxy) is 8. The Labute approximate surface area is 761 Å². The topological polar surface area (TPSA) is 639 Å². The van der Waals surface area contributed by atoms with E-state index in [0.29, 0.717) is 0 Å². The predicted molar refractivity (Wildman–Crippen MR) is 474 cm³/mol. The fourth-order valence-electron chi connectivity index (χ4n) is 16.2. The zero-order valence-electron chi connectivity index (χ0n) is 75.7. The Morgan fingerprint density at radius 1 is 0.346 bits per heavy atom. The molecule has 26 N–H and O–H groups in total. The summed E-state index contributed by atoms with van der Waals surface area (Å²) >= 11 is 0. The molecule has 0 aromatic carbocycles. The molecule has 6 rings (SSSR count). The highest BCUT2D eigenvalue weighted by Gasteiger charge is 2.54. The van der Waals surface area contributed by atoms with Crippen LogP contribution in [0.25, 0.3) is 0 Å². The van der Waals surface area contributed by atoms with Gasteiger partial charge >= 0.3 is 23.9 Å². The summed E-state index contributed by atoms with van der Waals surface area (Å²) in [5.41, 5.74) is 12.0. The second kappa shape index (κ2) is 57.5. The number of carboxylic acids is 2. The minimum absolute atomic E-state index is 0.138. The third-order valence-corrected chi connectivity index (χ3v) is 24.5. The summed E-state index contributed by atoms with van der Waals surface area (Å²) in [5, 5.41) is 236. The number of carboxylic acid groups (broad SMARTS) is 2. The maximum atomic E-state index is 12.6. The molecule has 9 unspecified atom stereocenters. The van der Waals surface area contributed by atoms with E-state index in [-0.39, 0.29) is 76.0 Å². The number of nitrogens with two attached hydrogens (primary N) is 2. The van der Waals surface area contributed by atoms with Crippen LogP contribution >= 0.6 is 0 Å². The van der Waals surface area contributed by atoms with Gasteiger partial charge in [-0.15, -0.1) is 0 Å². The van der Waals surface area contributed by atoms with Gasteiger partial charge in [-0.3, -0.25) is 19.2 Å². The summed E-state index contributed by atoms with van der Waals surface area (Å²) < 4.78 is 46.3. The maximum absolute atomic E-state index is 12.6. The summed E-state index contributed by atoms with van der Waals surface area (Å²) in [7, 11) is 0. The van der Waals surface area contributed by atoms with Crippen molar-refractivity contribution in [1.82, 2.24) is 0 Å². The lowest BCUT2D eigenvalue weighted by Gasteiger charge is -2.45. The monoisotopic (exact) mass is 1850 g/mol. The van der Waals surface area contributed by atoms with Crippen LogP contribution in [0.1, 0.15) is 184 Å². The zero-order chi connectivity index (χ0) is 96.9. The van der Waals surface area contributed by atoms with Crippen LogP contribution in [0.2, 0.25) is 0 Å². The number of allylic oxidation sites excluding steroid dienone is 20. The van der Waals surface area contributed by atoms with E-state index < -0.39 is 281 Å². The summed E-state index contributed by atoms with van der Waals surface area (Å²) in [6, 6.07) is -2.29. The molecule has 130 heavy (non-hydrogen) atoms. The van der Waals surface area contributed by atoms with Gasteiger partial charge in [-0.2, -0.15) is 0 Å². The molecule has 740 valence electrons. The van der Waals surface area contributed by atoms with Crippen LogP contribution in [0, 0.1) is 35.5 Å². The van der Waals surface area contributed by atoms with Crippen molar-refractivity contribution in [2.75, 3.05) is 0 Å². The van der Waals surface area contributed by atoms with Crippen LogP contribution in [0.5, 0.6) is 0 Å². The Morgan fingerprint density at radius 2 is 0.638 bits per heavy atom. The molecule has 0 aromatic rings. The van der Waals surface area contributed by atoms with Gasteiger partial charge in [0.05, 0.1) is 159 Å². The smallest absolute Gasteiger partial charge is 0.311 e. The SMILES string of the molecule is C[C@@H]1[C@H](O)[C@@H](C)C=CC=CCCC=CC=CC=CC=CC(O[C@H]2O[C@H](C)[C@@H](O)[C@H](N)[C@@H]2O)CC2O[C@](O)(CC(O)C(O)CCC(O)CC(O)CC(O)CC(=O)O[C@H]1C)CC(O)C2C(=O)O.C[C@@H]1[C@H](O)[C@@H](C)C=CC=CCCC=CC=CC=CC=C[C@H](O[C@@H]2O[C@H](C)[C@@H](O)[C@H](N)[C@@H]2O)C[C@@H]2O[C@](O)(C[C@@H](O)[C@H](O)CC[C@@H](O)C[C@@H](O)C[C@@H](O)CC(=O)O[C@H]1C)C[C@H](O)[C@H]2C(=O)O. The molecule has 0 aliphatic carbocycles. The van der Waals surface area contributed by atoms with Gasteiger partial charge in [0, 0.05) is 62.2 Å². The number of aliphatic carboxylic acids is 2. The molecule has 0 radical (unpaired) electrons. The normalized spacial score (nSPS) is 42.3. The highest BCUT2D eigenvalue weighted by Crippen LogP contribution is 2.41. The van der Waals surface area contributed by atoms with Crippen molar-refractivity contribution in [2.45, 2.75) is 379 Å². The van der Waals surface area contributed by atoms with E-state index in [2.05, 4.69) is 0 Å². The van der Waals surface area contributed by atoms with Gasteiger partial charge in [0.25, 0.3) is 0 Å². The molecule has 0 aromatic heterocycles. The molecular formula is C94H150N2O34. The number of hydrogen-bond acceptors (Lipinski definition) is 34. The first-order valence-corrected chi connectivity index (χ1v) is 45.3. The fraction of sp³-hybridized carbons (Fsp3) is 0.702. The largest absolute Gasteiger partial charge is 0.481 e. The molecule has 0 amide bonds. The molecule has 36 heteroatoms. The standard InChI is InChI=1S/2C47H75NO17/c2*1-27-17-15-13-11-9-7-5-6-8-10-12-14-16-18-34(64-46-44(58)41(48)43(57)30(4)63-46)24-38-40(45(59)60)37(54)26-47(61,65-38)25-36(53)35(52)20-19-31(49)21-32(50)22-33(51)23-39(55)62-29(3)28(2)42(27)56/h2*5-6,8,10-18,27-38,40-44,46,49-54,56-58,61H,7,9,19-26,48H2,1-4H3,(H,59,60)/t27-,28-,29-,30+,31?,32?,33?,34?,35?,36?,37?,38?,40?,41-,42+,43+,44-,46+,47+;27-,28-,29-,30+,31+,32+,33+,34-,35+,36+,37-,38-,40+,41-,42+,43+,44-,46-,47+/m00/s1. The number of rotatable bonds is 6. The van der Waals surface area contributed by atoms with Crippen molar-refractivity contribution in [3.63, 3.8) is 0 Å². The third-order valence-electron chi connectivity index (χ3n) is 24.5. The highest BCUT2D eigenvalue weighted by atomic mass is 16.7. The lowest BCUT2D eigenvalue weighted by Crippen LogP contribution is -2.61. The van der Waals surface area contributed by atoms with Gasteiger partial charge in [0.15, 0.2) is 24.2 Å². The van der Waals surface area contributed by atoms with Crippen molar-refractivity contribution in [2.24, 2.45) is 47.0 Å². The number of aliphatic hydroxyl groups is 20. The van der Waals surface area contributed by atoms with Crippen molar-refractivity contribution in [3.8, 4) is 0 Å². The Kier molecular flexibility index (Phi) is 50.5. The van der Waals surface area contributed by atoms with Crippen molar-refractivity contribution >= 4 is 23.9 Å². The summed E-state index contributed by atoms with van der Waals surface area (Å²) in [5.74, 6) is -13.6. The van der Waals surface area contributed by atoms with E-state index in [4.69, 9.17) is 49.4 Å². The minimum atomic E-state index is -2.35. The molecule has 38 atom stereocenters. The summed E-state index contributed by atoms with van der Waals surface area (Å²) in [6.07, 6.45) is 4.57. The molecule has 36 nitrogen and oxygen atoms in total. The van der Waals surface area contributed by atoms with Crippen molar-refractivity contribution in [3.05, 3.63) is 146 Å². The first-order valence-electron chi connectivity index (χ1n) is 45.3. The fourth-order valence-corrected chi connectivity index (χ4v) is 16.2. The highest BCUT2D eigenvalue weighted by molar-refractivity contribution is 5.72. The van der Waals surface area contributed by atoms with Gasteiger partial charge in [0.1, 0.15) is 36.3 Å². The third kappa shape index (κ3) is 39.5. The molecule has 6 heterocycles. The number of hydrogen-bond donors (Lipinski definition) is 24. The second-order valence-electron chi connectivity index (χ2n) is 35.7. The molecule has 0 saturated carbocycles. The minimum Gasteiger partial charge on any atom is -0.481 e. The van der Waals surface area contributed by atoms with Gasteiger partial charge in [-0.1, -0.05) is 174 Å². The molecule has 4 fully saturated rings. The van der Waals surface area contributed by atoms with E-state index in [0.717, 1.165) is 25.7 Å². The quantitative estimate of drug-likeness (QED) is 0.169. The van der Waals surface area contributed by atoms with E-state index in [9.17, 15) is 132 Å². The van der Waals surface area contributed by atoms with Crippen molar-refractivity contribution < 1.29 is 169 Å². The van der Waals surface area contributed by atoms with Crippen LogP contribution in [-0.2, 0) is 57.1 Å². The molecule has 6 aliphatic rings. The van der Waals surface area contributed by atoms with E-state index in [1.807, 2.05) is 98.9 Å². The van der Waals surface area contributed by atoms with Gasteiger partial charge in [-0.25, -0.2) is 0 Å². The molecular weight excluding hydrogens is 1700 g/mol.